The molecule has 1 saturated heterocycles. The number of para-hydroxylation sites is 1. The van der Waals surface area contributed by atoms with Gasteiger partial charge in [0.1, 0.15) is 0 Å². The summed E-state index contributed by atoms with van der Waals surface area (Å²) >= 11 is 0. The maximum atomic E-state index is 12.8. The molecule has 2 aromatic heterocycles. The van der Waals surface area contributed by atoms with Crippen LogP contribution in [0.3, 0.4) is 0 Å². The van der Waals surface area contributed by atoms with Crippen LogP contribution in [0.1, 0.15) is 40.8 Å². The molecule has 182 valence electrons. The summed E-state index contributed by atoms with van der Waals surface area (Å²) in [4.78, 5) is 14.8. The lowest BCUT2D eigenvalue weighted by atomic mass is 10.1. The standard InChI is InChI=1S/C24H32N6O3S/c1-16-22(18(3)29(26-16)21-11-12-34(32,33)15-21)13-28(5)14-23(31)25-24-17(2)27-30(19(24)4)20-9-7-6-8-10-20/h6-10,21H,11-15H2,1-5H3,(H,25,31). The summed E-state index contributed by atoms with van der Waals surface area (Å²) in [5.41, 5.74) is 6.16. The molecule has 3 heterocycles. The van der Waals surface area contributed by atoms with Crippen LogP contribution in [0.5, 0.6) is 0 Å². The number of hydrogen-bond acceptors (Lipinski definition) is 6. The van der Waals surface area contributed by atoms with Gasteiger partial charge in [-0.25, -0.2) is 13.1 Å². The van der Waals surface area contributed by atoms with Gasteiger partial charge in [0.05, 0.1) is 52.5 Å². The molecular formula is C24H32N6O3S. The number of sulfone groups is 1. The van der Waals surface area contributed by atoms with Crippen molar-refractivity contribution in [2.24, 2.45) is 0 Å². The molecule has 0 radical (unpaired) electrons. The highest BCUT2D eigenvalue weighted by Crippen LogP contribution is 2.27. The van der Waals surface area contributed by atoms with E-state index in [1.54, 1.807) is 0 Å². The lowest BCUT2D eigenvalue weighted by Gasteiger charge is -2.17. The number of nitrogens with zero attached hydrogens (tertiary/aromatic N) is 5. The number of carbonyl (C=O) groups excluding carboxylic acids is 1. The molecule has 1 N–H and O–H groups in total. The Morgan fingerprint density at radius 1 is 1.09 bits per heavy atom. The third kappa shape index (κ3) is 4.92. The molecule has 1 aliphatic heterocycles. The molecule has 1 fully saturated rings. The van der Waals surface area contributed by atoms with Crippen LogP contribution in [0.25, 0.3) is 5.69 Å². The van der Waals surface area contributed by atoms with Crippen molar-refractivity contribution < 1.29 is 13.2 Å². The SMILES string of the molecule is Cc1nn(C2CCS(=O)(=O)C2)c(C)c1CN(C)CC(=O)Nc1c(C)nn(-c2ccccc2)c1C. The van der Waals surface area contributed by atoms with Crippen molar-refractivity contribution in [1.82, 2.24) is 24.5 Å². The highest BCUT2D eigenvalue weighted by atomic mass is 32.2. The molecule has 1 unspecified atom stereocenters. The fourth-order valence-corrected chi connectivity index (χ4v) is 6.34. The Labute approximate surface area is 200 Å². The van der Waals surface area contributed by atoms with Gasteiger partial charge >= 0.3 is 0 Å². The minimum absolute atomic E-state index is 0.113. The summed E-state index contributed by atoms with van der Waals surface area (Å²) in [5.74, 6) is 0.235. The molecule has 1 atom stereocenters. The average Bonchev–Trinajstić information content (AvgIpc) is 3.38. The van der Waals surface area contributed by atoms with E-state index in [4.69, 9.17) is 0 Å². The zero-order chi connectivity index (χ0) is 24.6. The number of rotatable bonds is 7. The van der Waals surface area contributed by atoms with Crippen molar-refractivity contribution in [3.05, 3.63) is 58.7 Å². The summed E-state index contributed by atoms with van der Waals surface area (Å²) < 4.78 is 27.5. The van der Waals surface area contributed by atoms with E-state index < -0.39 is 9.84 Å². The Bertz CT molecular complexity index is 1310. The number of aryl methyl sites for hydroxylation is 2. The lowest BCUT2D eigenvalue weighted by molar-refractivity contribution is -0.117. The molecule has 34 heavy (non-hydrogen) atoms. The summed E-state index contributed by atoms with van der Waals surface area (Å²) in [6.45, 7) is 8.48. The van der Waals surface area contributed by atoms with Gasteiger partial charge in [-0.2, -0.15) is 10.2 Å². The van der Waals surface area contributed by atoms with Gasteiger partial charge in [0, 0.05) is 17.8 Å². The van der Waals surface area contributed by atoms with Crippen molar-refractivity contribution in [3.63, 3.8) is 0 Å². The lowest BCUT2D eigenvalue weighted by Crippen LogP contribution is -2.30. The fraction of sp³-hybridized carbons (Fsp3) is 0.458. The van der Waals surface area contributed by atoms with E-state index in [-0.39, 0.29) is 30.0 Å². The van der Waals surface area contributed by atoms with Gasteiger partial charge in [0.2, 0.25) is 5.91 Å². The number of anilines is 1. The predicted molar refractivity (Wildman–Crippen MR) is 132 cm³/mol. The predicted octanol–water partition coefficient (Wildman–Crippen LogP) is 2.73. The van der Waals surface area contributed by atoms with Gasteiger partial charge < -0.3 is 5.32 Å². The molecule has 1 amide bonds. The van der Waals surface area contributed by atoms with E-state index in [2.05, 4.69) is 15.5 Å². The van der Waals surface area contributed by atoms with Crippen LogP contribution >= 0.6 is 0 Å². The average molecular weight is 485 g/mol. The fourth-order valence-electron chi connectivity index (χ4n) is 4.64. The maximum absolute atomic E-state index is 12.8. The van der Waals surface area contributed by atoms with Crippen LogP contribution in [0.15, 0.2) is 30.3 Å². The van der Waals surface area contributed by atoms with E-state index >= 15 is 0 Å². The molecule has 0 bridgehead atoms. The first-order chi connectivity index (χ1) is 16.1. The number of benzene rings is 1. The molecule has 4 rings (SSSR count). The minimum Gasteiger partial charge on any atom is -0.322 e. The quantitative estimate of drug-likeness (QED) is 0.553. The van der Waals surface area contributed by atoms with E-state index in [1.807, 2.05) is 79.3 Å². The van der Waals surface area contributed by atoms with Crippen LogP contribution in [-0.2, 0) is 21.2 Å². The van der Waals surface area contributed by atoms with Crippen molar-refractivity contribution >= 4 is 21.4 Å². The largest absolute Gasteiger partial charge is 0.322 e. The summed E-state index contributed by atoms with van der Waals surface area (Å²) in [6, 6.07) is 9.71. The Kier molecular flexibility index (Phi) is 6.64. The Morgan fingerprint density at radius 2 is 1.79 bits per heavy atom. The smallest absolute Gasteiger partial charge is 0.238 e. The van der Waals surface area contributed by atoms with Crippen molar-refractivity contribution in [2.75, 3.05) is 30.4 Å². The summed E-state index contributed by atoms with van der Waals surface area (Å²) in [7, 11) is -1.10. The normalized spacial score (nSPS) is 17.4. The number of likely N-dealkylation sites (N-methyl/N-ethyl adjacent to an activating group) is 1. The zero-order valence-electron chi connectivity index (χ0n) is 20.4. The van der Waals surface area contributed by atoms with Gasteiger partial charge in [0.15, 0.2) is 9.84 Å². The molecule has 1 aliphatic rings. The van der Waals surface area contributed by atoms with E-state index in [0.29, 0.717) is 13.0 Å². The van der Waals surface area contributed by atoms with Gasteiger partial charge in [-0.3, -0.25) is 14.4 Å². The van der Waals surface area contributed by atoms with Gasteiger partial charge in [0.25, 0.3) is 0 Å². The number of hydrogen-bond donors (Lipinski definition) is 1. The van der Waals surface area contributed by atoms with Crippen LogP contribution in [0.4, 0.5) is 5.69 Å². The highest BCUT2D eigenvalue weighted by Gasteiger charge is 2.31. The Hall–Kier alpha value is -2.98. The molecule has 10 heteroatoms. The van der Waals surface area contributed by atoms with Gasteiger partial charge in [-0.15, -0.1) is 0 Å². The molecule has 3 aromatic rings. The van der Waals surface area contributed by atoms with E-state index in [0.717, 1.165) is 39.7 Å². The zero-order valence-corrected chi connectivity index (χ0v) is 21.2. The number of aromatic nitrogens is 4. The third-order valence-electron chi connectivity index (χ3n) is 6.43. The topological polar surface area (TPSA) is 102 Å². The highest BCUT2D eigenvalue weighted by molar-refractivity contribution is 7.91. The van der Waals surface area contributed by atoms with Crippen molar-refractivity contribution in [1.29, 1.82) is 0 Å². The number of nitrogens with one attached hydrogen (secondary N) is 1. The molecule has 0 aliphatic carbocycles. The van der Waals surface area contributed by atoms with Crippen LogP contribution in [0, 0.1) is 27.7 Å². The molecular weight excluding hydrogens is 452 g/mol. The molecule has 9 nitrogen and oxygen atoms in total. The second-order valence-electron chi connectivity index (χ2n) is 9.16. The molecule has 0 spiro atoms. The summed E-state index contributed by atoms with van der Waals surface area (Å²) in [5, 5.41) is 12.2. The van der Waals surface area contributed by atoms with Crippen molar-refractivity contribution in [3.8, 4) is 5.69 Å². The van der Waals surface area contributed by atoms with Gasteiger partial charge in [-0.1, -0.05) is 18.2 Å². The molecule has 1 aromatic carbocycles. The van der Waals surface area contributed by atoms with Crippen LogP contribution in [-0.4, -0.2) is 63.9 Å². The first-order valence-corrected chi connectivity index (χ1v) is 13.2. The Balaban J connectivity index is 1.42. The Morgan fingerprint density at radius 3 is 2.44 bits per heavy atom. The van der Waals surface area contributed by atoms with Crippen LogP contribution < -0.4 is 5.32 Å². The van der Waals surface area contributed by atoms with E-state index in [1.165, 1.54) is 0 Å². The monoisotopic (exact) mass is 484 g/mol. The number of carbonyl (C=O) groups is 1. The minimum atomic E-state index is -2.99. The summed E-state index contributed by atoms with van der Waals surface area (Å²) in [6.07, 6.45) is 0.595. The third-order valence-corrected chi connectivity index (χ3v) is 8.18. The van der Waals surface area contributed by atoms with Gasteiger partial charge in [-0.05, 0) is 53.3 Å². The first-order valence-electron chi connectivity index (χ1n) is 11.4. The molecule has 0 saturated carbocycles. The second kappa shape index (κ2) is 9.34. The van der Waals surface area contributed by atoms with E-state index in [9.17, 15) is 13.2 Å². The number of amides is 1. The van der Waals surface area contributed by atoms with Crippen LogP contribution in [0.2, 0.25) is 0 Å². The maximum Gasteiger partial charge on any atom is 0.238 e. The second-order valence-corrected chi connectivity index (χ2v) is 11.4. The van der Waals surface area contributed by atoms with Crippen molar-refractivity contribution in [2.45, 2.75) is 46.7 Å². The first kappa shape index (κ1) is 24.2.